The fourth-order valence-electron chi connectivity index (χ4n) is 2.74. The van der Waals surface area contributed by atoms with Crippen molar-refractivity contribution in [1.82, 2.24) is 10.7 Å². The molecule has 0 saturated heterocycles. The first kappa shape index (κ1) is 24.9. The summed E-state index contributed by atoms with van der Waals surface area (Å²) in [4.78, 5) is 25.1. The van der Waals surface area contributed by atoms with Crippen LogP contribution < -0.4 is 15.5 Å². The van der Waals surface area contributed by atoms with Gasteiger partial charge in [-0.3, -0.25) is 9.59 Å². The number of benzene rings is 2. The average molecular weight is 509 g/mol. The van der Waals surface area contributed by atoms with Gasteiger partial charge in [-0.05, 0) is 90.1 Å². The second kappa shape index (κ2) is 11.9. The number of halogens is 2. The van der Waals surface area contributed by atoms with E-state index in [1.807, 2.05) is 45.9 Å². The summed E-state index contributed by atoms with van der Waals surface area (Å²) in [6, 6.07) is 11.3. The van der Waals surface area contributed by atoms with Crippen molar-refractivity contribution in [3.05, 3.63) is 63.1 Å². The third kappa shape index (κ3) is 8.34. The van der Waals surface area contributed by atoms with Crippen molar-refractivity contribution >= 4 is 45.6 Å². The van der Waals surface area contributed by atoms with E-state index in [2.05, 4.69) is 31.8 Å². The Kier molecular flexibility index (Phi) is 9.52. The topological polar surface area (TPSA) is 79.8 Å². The maximum absolute atomic E-state index is 12.6. The van der Waals surface area contributed by atoms with E-state index in [0.29, 0.717) is 17.0 Å². The van der Waals surface area contributed by atoms with E-state index in [4.69, 9.17) is 16.3 Å². The molecule has 0 aromatic heterocycles. The first-order valence-corrected chi connectivity index (χ1v) is 11.2. The highest BCUT2D eigenvalue weighted by Gasteiger charge is 2.22. The van der Waals surface area contributed by atoms with Gasteiger partial charge in [0.2, 0.25) is 0 Å². The molecule has 2 aromatic carbocycles. The van der Waals surface area contributed by atoms with Crippen LogP contribution in [0.1, 0.15) is 50.0 Å². The summed E-state index contributed by atoms with van der Waals surface area (Å²) in [7, 11) is 0. The van der Waals surface area contributed by atoms with Crippen molar-refractivity contribution in [2.75, 3.05) is 0 Å². The van der Waals surface area contributed by atoms with Crippen LogP contribution in [-0.4, -0.2) is 30.2 Å². The van der Waals surface area contributed by atoms with Gasteiger partial charge in [0.15, 0.2) is 0 Å². The number of carbonyl (C=O) groups excluding carboxylic acids is 2. The molecule has 0 heterocycles. The normalized spacial score (nSPS) is 12.3. The predicted octanol–water partition coefficient (Wildman–Crippen LogP) is 5.18. The van der Waals surface area contributed by atoms with Gasteiger partial charge in [-0.15, -0.1) is 0 Å². The first-order chi connectivity index (χ1) is 14.7. The zero-order valence-electron chi connectivity index (χ0n) is 18.0. The van der Waals surface area contributed by atoms with E-state index in [1.54, 1.807) is 24.3 Å². The molecule has 31 heavy (non-hydrogen) atoms. The monoisotopic (exact) mass is 507 g/mol. The minimum atomic E-state index is -0.714. The van der Waals surface area contributed by atoms with Gasteiger partial charge >= 0.3 is 0 Å². The Bertz CT molecular complexity index is 930. The number of rotatable bonds is 9. The van der Waals surface area contributed by atoms with Crippen molar-refractivity contribution in [2.45, 2.75) is 46.3 Å². The molecule has 0 aliphatic carbocycles. The molecule has 0 fully saturated rings. The van der Waals surface area contributed by atoms with Crippen LogP contribution in [0.25, 0.3) is 0 Å². The fourth-order valence-corrected chi connectivity index (χ4v) is 3.36. The lowest BCUT2D eigenvalue weighted by Gasteiger charge is -2.19. The number of hydrazone groups is 1. The Labute approximate surface area is 196 Å². The molecule has 166 valence electrons. The lowest BCUT2D eigenvalue weighted by Crippen LogP contribution is -2.46. The van der Waals surface area contributed by atoms with Gasteiger partial charge < -0.3 is 10.1 Å². The zero-order chi connectivity index (χ0) is 23.0. The van der Waals surface area contributed by atoms with Crippen molar-refractivity contribution in [1.29, 1.82) is 0 Å². The second-order valence-corrected chi connectivity index (χ2v) is 9.04. The molecule has 6 nitrogen and oxygen atoms in total. The molecule has 1 atom stereocenters. The minimum absolute atomic E-state index is 0.0658. The Balaban J connectivity index is 2.02. The highest BCUT2D eigenvalue weighted by atomic mass is 79.9. The Morgan fingerprint density at radius 3 is 2.39 bits per heavy atom. The SMILES string of the molecule is CC(C)CC(NC(=O)c1ccc(Cl)cc1)C(=O)N/N=C/c1ccc(OC(C)C)c(Br)c1. The molecule has 0 spiro atoms. The van der Waals surface area contributed by atoms with Crippen LogP contribution in [0, 0.1) is 5.92 Å². The van der Waals surface area contributed by atoms with Crippen LogP contribution in [0.15, 0.2) is 52.0 Å². The number of ether oxygens (including phenoxy) is 1. The molecule has 1 unspecified atom stereocenters. The van der Waals surface area contributed by atoms with Crippen LogP contribution in [0.5, 0.6) is 5.75 Å². The number of nitrogens with one attached hydrogen (secondary N) is 2. The highest BCUT2D eigenvalue weighted by molar-refractivity contribution is 9.10. The molecule has 0 saturated carbocycles. The Morgan fingerprint density at radius 1 is 1.13 bits per heavy atom. The van der Waals surface area contributed by atoms with Crippen LogP contribution in [0.3, 0.4) is 0 Å². The van der Waals surface area contributed by atoms with Crippen LogP contribution in [0.2, 0.25) is 5.02 Å². The molecule has 2 N–H and O–H groups in total. The fraction of sp³-hybridized carbons (Fsp3) is 0.348. The lowest BCUT2D eigenvalue weighted by molar-refractivity contribution is -0.123. The molecule has 0 radical (unpaired) electrons. The summed E-state index contributed by atoms with van der Waals surface area (Å²) in [6.07, 6.45) is 2.08. The van der Waals surface area contributed by atoms with Gasteiger partial charge in [-0.2, -0.15) is 5.10 Å². The number of hydrogen-bond acceptors (Lipinski definition) is 4. The minimum Gasteiger partial charge on any atom is -0.490 e. The van der Waals surface area contributed by atoms with E-state index in [9.17, 15) is 9.59 Å². The summed E-state index contributed by atoms with van der Waals surface area (Å²) < 4.78 is 6.48. The number of amides is 2. The van der Waals surface area contributed by atoms with Crippen molar-refractivity contribution in [3.8, 4) is 5.75 Å². The maximum Gasteiger partial charge on any atom is 0.262 e. The van der Waals surface area contributed by atoms with Gasteiger partial charge in [0.05, 0.1) is 16.8 Å². The average Bonchev–Trinajstić information content (AvgIpc) is 2.69. The molecule has 2 amide bonds. The van der Waals surface area contributed by atoms with Gasteiger partial charge in [0.1, 0.15) is 11.8 Å². The molecule has 2 aromatic rings. The second-order valence-electron chi connectivity index (χ2n) is 7.75. The summed E-state index contributed by atoms with van der Waals surface area (Å²) >= 11 is 9.34. The van der Waals surface area contributed by atoms with Crippen molar-refractivity contribution < 1.29 is 14.3 Å². The smallest absolute Gasteiger partial charge is 0.262 e. The van der Waals surface area contributed by atoms with Gasteiger partial charge in [0.25, 0.3) is 11.8 Å². The number of nitrogens with zero attached hydrogens (tertiary/aromatic N) is 1. The quantitative estimate of drug-likeness (QED) is 0.362. The van der Waals surface area contributed by atoms with Crippen molar-refractivity contribution in [3.63, 3.8) is 0 Å². The molecule has 8 heteroatoms. The third-order valence-corrected chi connectivity index (χ3v) is 5.01. The van der Waals surface area contributed by atoms with Crippen LogP contribution in [-0.2, 0) is 4.79 Å². The largest absolute Gasteiger partial charge is 0.490 e. The maximum atomic E-state index is 12.6. The van der Waals surface area contributed by atoms with E-state index in [1.165, 1.54) is 6.21 Å². The number of carbonyl (C=O) groups is 2. The van der Waals surface area contributed by atoms with E-state index in [-0.39, 0.29) is 23.8 Å². The number of hydrogen-bond donors (Lipinski definition) is 2. The molecular weight excluding hydrogens is 482 g/mol. The molecule has 0 aliphatic heterocycles. The highest BCUT2D eigenvalue weighted by Crippen LogP contribution is 2.26. The summed E-state index contributed by atoms with van der Waals surface area (Å²) in [6.45, 7) is 7.87. The summed E-state index contributed by atoms with van der Waals surface area (Å²) in [5, 5.41) is 7.35. The summed E-state index contributed by atoms with van der Waals surface area (Å²) in [5.74, 6) is 0.213. The third-order valence-electron chi connectivity index (χ3n) is 4.14. The zero-order valence-corrected chi connectivity index (χ0v) is 20.3. The van der Waals surface area contributed by atoms with Crippen LogP contribution in [0.4, 0.5) is 0 Å². The van der Waals surface area contributed by atoms with Gasteiger partial charge in [-0.1, -0.05) is 25.4 Å². The first-order valence-electron chi connectivity index (χ1n) is 10.0. The van der Waals surface area contributed by atoms with Gasteiger partial charge in [-0.25, -0.2) is 5.43 Å². The summed E-state index contributed by atoms with van der Waals surface area (Å²) in [5.41, 5.74) is 3.74. The van der Waals surface area contributed by atoms with E-state index < -0.39 is 6.04 Å². The molecule has 2 rings (SSSR count). The van der Waals surface area contributed by atoms with Crippen molar-refractivity contribution in [2.24, 2.45) is 11.0 Å². The lowest BCUT2D eigenvalue weighted by atomic mass is 10.0. The predicted molar refractivity (Wildman–Crippen MR) is 128 cm³/mol. The standard InChI is InChI=1S/C23H27BrClN3O3/c1-14(2)11-20(27-22(29)17-6-8-18(25)9-7-17)23(30)28-26-13-16-5-10-21(19(24)12-16)31-15(3)4/h5-10,12-15,20H,11H2,1-4H3,(H,27,29)(H,28,30)/b26-13+. The van der Waals surface area contributed by atoms with Crippen LogP contribution >= 0.6 is 27.5 Å². The Morgan fingerprint density at radius 2 is 1.81 bits per heavy atom. The molecular formula is C23H27BrClN3O3. The molecule has 0 bridgehead atoms. The van der Waals surface area contributed by atoms with E-state index in [0.717, 1.165) is 15.8 Å². The Hall–Kier alpha value is -2.38. The van der Waals surface area contributed by atoms with Gasteiger partial charge in [0, 0.05) is 10.6 Å². The van der Waals surface area contributed by atoms with E-state index >= 15 is 0 Å². The molecule has 0 aliphatic rings.